The van der Waals surface area contributed by atoms with Crippen LogP contribution in [-0.2, 0) is 19.2 Å². The number of hydrogen-bond donors (Lipinski definition) is 2. The van der Waals surface area contributed by atoms with E-state index < -0.39 is 0 Å². The van der Waals surface area contributed by atoms with Crippen molar-refractivity contribution in [2.24, 2.45) is 12.8 Å². The Labute approximate surface area is 146 Å². The number of nitrogens with zero attached hydrogens (tertiary/aromatic N) is 2. The number of aliphatic hydroxyl groups is 1. The van der Waals surface area contributed by atoms with Crippen LogP contribution >= 0.6 is 35.8 Å². The number of halogens is 2. The van der Waals surface area contributed by atoms with Gasteiger partial charge in [0.05, 0.1) is 12.3 Å². The Hall–Kier alpha value is -0.720. The Kier molecular flexibility index (Phi) is 7.72. The molecule has 122 valence electrons. The topological polar surface area (TPSA) is 64.1 Å². The summed E-state index contributed by atoms with van der Waals surface area (Å²) in [5, 5.41) is 14.2. The third kappa shape index (κ3) is 4.89. The van der Waals surface area contributed by atoms with Crippen molar-refractivity contribution in [3.8, 4) is 0 Å². The Morgan fingerprint density at radius 3 is 2.59 bits per heavy atom. The Balaban J connectivity index is 0.00000242. The van der Waals surface area contributed by atoms with Crippen molar-refractivity contribution in [2.45, 2.75) is 30.0 Å². The molecular weight excluding hydrogens is 341 g/mol. The summed E-state index contributed by atoms with van der Waals surface area (Å²) in [5.74, 6) is 0.733. The second-order valence-corrected chi connectivity index (χ2v) is 6.49. The molecule has 0 fully saturated rings. The van der Waals surface area contributed by atoms with E-state index in [1.165, 1.54) is 10.5 Å². The summed E-state index contributed by atoms with van der Waals surface area (Å²) in [5.41, 5.74) is 8.93. The van der Waals surface area contributed by atoms with Crippen molar-refractivity contribution < 1.29 is 5.11 Å². The van der Waals surface area contributed by atoms with Crippen molar-refractivity contribution in [1.82, 2.24) is 9.78 Å². The molecule has 2 rings (SSSR count). The van der Waals surface area contributed by atoms with Crippen LogP contribution in [0.4, 0.5) is 0 Å². The van der Waals surface area contributed by atoms with Gasteiger partial charge in [0.25, 0.3) is 0 Å². The van der Waals surface area contributed by atoms with Gasteiger partial charge in [-0.05, 0) is 25.5 Å². The highest BCUT2D eigenvalue weighted by atomic mass is 35.5. The van der Waals surface area contributed by atoms with E-state index in [1.54, 1.807) is 16.4 Å². The molecule has 0 saturated heterocycles. The van der Waals surface area contributed by atoms with E-state index in [-0.39, 0.29) is 25.1 Å². The number of aliphatic hydroxyl groups excluding tert-OH is 1. The van der Waals surface area contributed by atoms with E-state index in [0.29, 0.717) is 11.6 Å². The number of aryl methyl sites for hydroxylation is 2. The van der Waals surface area contributed by atoms with Crippen LogP contribution in [0.1, 0.15) is 16.8 Å². The van der Waals surface area contributed by atoms with Crippen molar-refractivity contribution in [1.29, 1.82) is 0 Å². The molecule has 0 spiro atoms. The summed E-state index contributed by atoms with van der Waals surface area (Å²) >= 11 is 7.99. The number of aromatic nitrogens is 2. The first kappa shape index (κ1) is 19.3. The molecule has 4 nitrogen and oxygen atoms in total. The SMILES string of the molecule is Cc1ccc(SCc2nn(C)c(Cl)c2CC(N)CO)cc1.Cl. The van der Waals surface area contributed by atoms with Gasteiger partial charge in [-0.2, -0.15) is 5.10 Å². The fraction of sp³-hybridized carbons (Fsp3) is 0.400. The zero-order valence-corrected chi connectivity index (χ0v) is 15.0. The first-order chi connectivity index (χ1) is 10.0. The van der Waals surface area contributed by atoms with Crippen molar-refractivity contribution in [2.75, 3.05) is 6.61 Å². The standard InChI is InChI=1S/C15H20ClN3OS.ClH/c1-10-3-5-12(6-4-10)21-9-14-13(7-11(17)8-20)15(16)19(2)18-14;/h3-6,11,20H,7-9,17H2,1-2H3;1H. The molecule has 0 saturated carbocycles. The Bertz CT molecular complexity index is 602. The molecule has 0 amide bonds. The molecule has 1 aromatic carbocycles. The van der Waals surface area contributed by atoms with Crippen molar-refractivity contribution in [3.05, 3.63) is 46.2 Å². The highest BCUT2D eigenvalue weighted by Crippen LogP contribution is 2.28. The van der Waals surface area contributed by atoms with Crippen LogP contribution in [0.5, 0.6) is 0 Å². The fourth-order valence-corrected chi connectivity index (χ4v) is 3.12. The van der Waals surface area contributed by atoms with E-state index in [2.05, 4.69) is 36.3 Å². The fourth-order valence-electron chi connectivity index (χ4n) is 2.03. The first-order valence-corrected chi connectivity index (χ1v) is 8.13. The van der Waals surface area contributed by atoms with Crippen LogP contribution in [0.3, 0.4) is 0 Å². The smallest absolute Gasteiger partial charge is 0.130 e. The van der Waals surface area contributed by atoms with Gasteiger partial charge in [0.1, 0.15) is 5.15 Å². The maximum atomic E-state index is 9.12. The normalized spacial score (nSPS) is 12.0. The number of benzene rings is 1. The van der Waals surface area contributed by atoms with Gasteiger partial charge in [-0.15, -0.1) is 24.2 Å². The molecule has 3 N–H and O–H groups in total. The van der Waals surface area contributed by atoms with Gasteiger partial charge in [0.15, 0.2) is 0 Å². The van der Waals surface area contributed by atoms with Crippen molar-refractivity contribution in [3.63, 3.8) is 0 Å². The summed E-state index contributed by atoms with van der Waals surface area (Å²) in [6.45, 7) is 2.01. The van der Waals surface area contributed by atoms with Crippen LogP contribution in [0.15, 0.2) is 29.2 Å². The minimum absolute atomic E-state index is 0. The lowest BCUT2D eigenvalue weighted by Gasteiger charge is -2.08. The second kappa shape index (κ2) is 8.79. The minimum Gasteiger partial charge on any atom is -0.395 e. The maximum absolute atomic E-state index is 9.12. The molecule has 0 aliphatic rings. The third-order valence-electron chi connectivity index (χ3n) is 3.25. The van der Waals surface area contributed by atoms with Gasteiger partial charge >= 0.3 is 0 Å². The molecule has 0 radical (unpaired) electrons. The third-order valence-corrected chi connectivity index (χ3v) is 4.75. The van der Waals surface area contributed by atoms with Gasteiger partial charge in [0.2, 0.25) is 0 Å². The van der Waals surface area contributed by atoms with Gasteiger partial charge in [-0.25, -0.2) is 0 Å². The molecule has 1 unspecified atom stereocenters. The number of hydrogen-bond acceptors (Lipinski definition) is 4. The number of rotatable bonds is 6. The molecular formula is C15H21Cl2N3OS. The van der Waals surface area contributed by atoms with E-state index >= 15 is 0 Å². The minimum atomic E-state index is -0.310. The molecule has 2 aromatic rings. The van der Waals surface area contributed by atoms with E-state index in [0.717, 1.165) is 17.0 Å². The Morgan fingerprint density at radius 1 is 1.36 bits per heavy atom. The molecule has 1 aromatic heterocycles. The van der Waals surface area contributed by atoms with Crippen LogP contribution in [0.25, 0.3) is 0 Å². The quantitative estimate of drug-likeness (QED) is 0.776. The van der Waals surface area contributed by atoms with Crippen molar-refractivity contribution >= 4 is 35.8 Å². The Morgan fingerprint density at radius 2 is 2.00 bits per heavy atom. The van der Waals surface area contributed by atoms with Gasteiger partial charge < -0.3 is 10.8 Å². The first-order valence-electron chi connectivity index (χ1n) is 6.77. The lowest BCUT2D eigenvalue weighted by Crippen LogP contribution is -2.27. The number of nitrogens with two attached hydrogens (primary N) is 1. The van der Waals surface area contributed by atoms with Crippen LogP contribution in [0.2, 0.25) is 5.15 Å². The predicted molar refractivity (Wildman–Crippen MR) is 95.0 cm³/mol. The molecule has 22 heavy (non-hydrogen) atoms. The summed E-state index contributed by atoms with van der Waals surface area (Å²) in [4.78, 5) is 1.19. The van der Waals surface area contributed by atoms with Gasteiger partial charge in [-0.3, -0.25) is 4.68 Å². The highest BCUT2D eigenvalue weighted by Gasteiger charge is 2.17. The van der Waals surface area contributed by atoms with E-state index in [1.807, 2.05) is 7.05 Å². The average molecular weight is 362 g/mol. The van der Waals surface area contributed by atoms with Crippen LogP contribution in [0, 0.1) is 6.92 Å². The van der Waals surface area contributed by atoms with E-state index in [9.17, 15) is 0 Å². The lowest BCUT2D eigenvalue weighted by atomic mass is 10.1. The highest BCUT2D eigenvalue weighted by molar-refractivity contribution is 7.98. The van der Waals surface area contributed by atoms with Gasteiger partial charge in [0, 0.05) is 29.3 Å². The largest absolute Gasteiger partial charge is 0.395 e. The summed E-state index contributed by atoms with van der Waals surface area (Å²) in [6.07, 6.45) is 0.535. The summed E-state index contributed by atoms with van der Waals surface area (Å²) < 4.78 is 1.66. The molecule has 0 bridgehead atoms. The summed E-state index contributed by atoms with van der Waals surface area (Å²) in [6, 6.07) is 8.08. The molecule has 0 aliphatic carbocycles. The van der Waals surface area contributed by atoms with Gasteiger partial charge in [-0.1, -0.05) is 29.3 Å². The second-order valence-electron chi connectivity index (χ2n) is 5.09. The zero-order valence-electron chi connectivity index (χ0n) is 12.6. The number of thioether (sulfide) groups is 1. The molecule has 1 heterocycles. The molecule has 1 atom stereocenters. The van der Waals surface area contributed by atoms with E-state index in [4.69, 9.17) is 22.4 Å². The zero-order chi connectivity index (χ0) is 15.4. The molecule has 0 aliphatic heterocycles. The lowest BCUT2D eigenvalue weighted by molar-refractivity contribution is 0.265. The summed E-state index contributed by atoms with van der Waals surface area (Å²) in [7, 11) is 1.82. The predicted octanol–water partition coefficient (Wildman–Crippen LogP) is 2.96. The maximum Gasteiger partial charge on any atom is 0.130 e. The van der Waals surface area contributed by atoms with Crippen LogP contribution in [-0.4, -0.2) is 27.5 Å². The average Bonchev–Trinajstić information content (AvgIpc) is 2.74. The molecule has 7 heteroatoms. The monoisotopic (exact) mass is 361 g/mol. The van der Waals surface area contributed by atoms with Crippen LogP contribution < -0.4 is 5.73 Å².